The Balaban J connectivity index is 2.69. The van der Waals surface area contributed by atoms with Gasteiger partial charge in [-0.2, -0.15) is 0 Å². The molecule has 7 heteroatoms. The molecule has 0 amide bonds. The molecule has 0 aliphatic carbocycles. The summed E-state index contributed by atoms with van der Waals surface area (Å²) in [5.41, 5.74) is 5.19. The predicted octanol–water partition coefficient (Wildman–Crippen LogP) is -0.818. The molecule has 0 bridgehead atoms. The number of nitrogens with zero attached hydrogens (tertiary/aromatic N) is 3. The fourth-order valence-electron chi connectivity index (χ4n) is 1.23. The molecule has 0 fully saturated rings. The van der Waals surface area contributed by atoms with E-state index in [-0.39, 0.29) is 11.5 Å². The molecule has 3 N–H and O–H groups in total. The zero-order chi connectivity index (χ0) is 11.0. The summed E-state index contributed by atoms with van der Waals surface area (Å²) in [5.74, 6) is 0.596. The summed E-state index contributed by atoms with van der Waals surface area (Å²) in [7, 11) is 1.89. The molecular formula is C8H9N5OSe. The van der Waals surface area contributed by atoms with E-state index in [1.807, 2.05) is 17.8 Å². The normalized spacial score (nSPS) is 10.5. The number of aromatic nitrogens is 4. The van der Waals surface area contributed by atoms with Crippen LogP contribution in [0.1, 0.15) is 0 Å². The van der Waals surface area contributed by atoms with Crippen molar-refractivity contribution in [2.24, 2.45) is 7.05 Å². The van der Waals surface area contributed by atoms with Crippen LogP contribution in [-0.4, -0.2) is 34.7 Å². The Morgan fingerprint density at radius 2 is 2.27 bits per heavy atom. The van der Waals surface area contributed by atoms with Gasteiger partial charge in [-0.15, -0.1) is 0 Å². The van der Waals surface area contributed by atoms with Crippen LogP contribution < -0.4 is 11.3 Å². The summed E-state index contributed by atoms with van der Waals surface area (Å²) in [6.45, 7) is 0. The number of nitrogens with one attached hydrogen (secondary N) is 1. The first-order valence-electron chi connectivity index (χ1n) is 4.19. The topological polar surface area (TPSA) is 81.6 Å². The van der Waals surface area contributed by atoms with Gasteiger partial charge in [-0.1, -0.05) is 0 Å². The van der Waals surface area contributed by atoms with Crippen molar-refractivity contribution in [2.75, 3.05) is 5.73 Å². The van der Waals surface area contributed by atoms with E-state index < -0.39 is 0 Å². The maximum atomic E-state index is 11.2. The number of nitrogen functional groups attached to an aromatic ring is 1. The summed E-state index contributed by atoms with van der Waals surface area (Å²) in [4.78, 5) is 17.6. The molecule has 0 aliphatic rings. The van der Waals surface area contributed by atoms with E-state index in [1.165, 1.54) is 6.07 Å². The molecule has 0 unspecified atom stereocenters. The van der Waals surface area contributed by atoms with Gasteiger partial charge in [0.25, 0.3) is 0 Å². The molecule has 15 heavy (non-hydrogen) atoms. The van der Waals surface area contributed by atoms with E-state index in [0.717, 1.165) is 4.32 Å². The molecular weight excluding hydrogens is 261 g/mol. The molecule has 2 rings (SSSR count). The first-order chi connectivity index (χ1) is 7.08. The van der Waals surface area contributed by atoms with Crippen LogP contribution in [0.25, 0.3) is 5.82 Å². The van der Waals surface area contributed by atoms with Gasteiger partial charge in [0.15, 0.2) is 0 Å². The van der Waals surface area contributed by atoms with Gasteiger partial charge in [0.05, 0.1) is 0 Å². The Hall–Kier alpha value is -1.59. The molecule has 0 spiro atoms. The van der Waals surface area contributed by atoms with Crippen LogP contribution in [0.15, 0.2) is 23.3 Å². The number of rotatable bonds is 1. The second kappa shape index (κ2) is 3.52. The van der Waals surface area contributed by atoms with Gasteiger partial charge >= 0.3 is 92.4 Å². The Bertz CT molecular complexity index is 608. The van der Waals surface area contributed by atoms with Gasteiger partial charge in [-0.25, -0.2) is 0 Å². The number of H-pyrrole nitrogens is 1. The minimum atomic E-state index is -0.270. The number of hydrogen-bond acceptors (Lipinski definition) is 3. The van der Waals surface area contributed by atoms with Gasteiger partial charge in [-0.3, -0.25) is 0 Å². The molecule has 0 aromatic carbocycles. The van der Waals surface area contributed by atoms with E-state index in [4.69, 9.17) is 5.73 Å². The number of imidazole rings is 1. The number of anilines is 1. The summed E-state index contributed by atoms with van der Waals surface area (Å²) in [5, 5.41) is 0. The van der Waals surface area contributed by atoms with Crippen molar-refractivity contribution in [2.45, 2.75) is 0 Å². The molecule has 2 aromatic rings. The average molecular weight is 270 g/mol. The minimum absolute atomic E-state index is 0.105. The average Bonchev–Trinajstić information content (AvgIpc) is 2.46. The van der Waals surface area contributed by atoms with Crippen molar-refractivity contribution < 1.29 is 0 Å². The third-order valence-corrected chi connectivity index (χ3v) is 2.96. The van der Waals surface area contributed by atoms with Crippen LogP contribution in [0, 0.1) is 4.32 Å². The van der Waals surface area contributed by atoms with Crippen LogP contribution in [0.2, 0.25) is 0 Å². The molecule has 2 aromatic heterocycles. The van der Waals surface area contributed by atoms with Crippen molar-refractivity contribution in [1.82, 2.24) is 19.1 Å². The maximum absolute atomic E-state index is 11.2. The van der Waals surface area contributed by atoms with E-state index in [0.29, 0.717) is 5.82 Å². The molecule has 6 nitrogen and oxygen atoms in total. The molecule has 0 saturated heterocycles. The van der Waals surface area contributed by atoms with Crippen molar-refractivity contribution in [3.8, 4) is 5.82 Å². The van der Waals surface area contributed by atoms with Gasteiger partial charge in [0.1, 0.15) is 0 Å². The van der Waals surface area contributed by atoms with E-state index in [9.17, 15) is 4.79 Å². The zero-order valence-corrected chi connectivity index (χ0v) is 9.68. The third-order valence-electron chi connectivity index (χ3n) is 1.94. The quantitative estimate of drug-likeness (QED) is 0.664. The third kappa shape index (κ3) is 1.79. The van der Waals surface area contributed by atoms with Gasteiger partial charge in [0, 0.05) is 0 Å². The summed E-state index contributed by atoms with van der Waals surface area (Å²) >= 11 is 2.89. The fourth-order valence-corrected chi connectivity index (χ4v) is 1.68. The summed E-state index contributed by atoms with van der Waals surface area (Å²) in [6, 6.07) is 1.39. The number of nitrogens with two attached hydrogens (primary N) is 1. The van der Waals surface area contributed by atoms with Gasteiger partial charge in [-0.05, 0) is 0 Å². The van der Waals surface area contributed by atoms with E-state index >= 15 is 0 Å². The number of hydrogen-bond donors (Lipinski definition) is 2. The standard InChI is InChI=1S/C8H9N5OSe/c1-12-2-3-13(8(12)15)5-4-6(14)11-7(9)10-5/h2-4H,1H3,(H3,9,10,11,14). The van der Waals surface area contributed by atoms with Crippen LogP contribution in [0.3, 0.4) is 0 Å². The Kier molecular flexibility index (Phi) is 2.34. The molecule has 2 heterocycles. The number of aryl methyl sites for hydroxylation is 1. The van der Waals surface area contributed by atoms with Crippen LogP contribution in [0.5, 0.6) is 0 Å². The van der Waals surface area contributed by atoms with Crippen molar-refractivity contribution >= 4 is 21.5 Å². The van der Waals surface area contributed by atoms with Gasteiger partial charge in [0.2, 0.25) is 0 Å². The first-order valence-corrected chi connectivity index (χ1v) is 5.05. The van der Waals surface area contributed by atoms with E-state index in [1.54, 1.807) is 10.8 Å². The monoisotopic (exact) mass is 271 g/mol. The second-order valence-electron chi connectivity index (χ2n) is 3.05. The predicted molar refractivity (Wildman–Crippen MR) is 56.6 cm³/mol. The first kappa shape index (κ1) is 9.95. The van der Waals surface area contributed by atoms with Crippen molar-refractivity contribution in [3.05, 3.63) is 33.1 Å². The molecule has 78 valence electrons. The number of aromatic amines is 1. The van der Waals surface area contributed by atoms with Crippen molar-refractivity contribution in [1.29, 1.82) is 0 Å². The van der Waals surface area contributed by atoms with E-state index in [2.05, 4.69) is 25.5 Å². The van der Waals surface area contributed by atoms with Crippen molar-refractivity contribution in [3.63, 3.8) is 0 Å². The molecule has 0 radical (unpaired) electrons. The Labute approximate surface area is 92.7 Å². The van der Waals surface area contributed by atoms with Gasteiger partial charge < -0.3 is 0 Å². The Morgan fingerprint density at radius 1 is 1.53 bits per heavy atom. The zero-order valence-electron chi connectivity index (χ0n) is 7.97. The van der Waals surface area contributed by atoms with Crippen LogP contribution in [0.4, 0.5) is 5.95 Å². The second-order valence-corrected chi connectivity index (χ2v) is 3.82. The summed E-state index contributed by atoms with van der Waals surface area (Å²) < 4.78 is 4.46. The Morgan fingerprint density at radius 3 is 2.80 bits per heavy atom. The summed E-state index contributed by atoms with van der Waals surface area (Å²) in [6.07, 6.45) is 3.65. The van der Waals surface area contributed by atoms with Crippen LogP contribution >= 0.6 is 0 Å². The fraction of sp³-hybridized carbons (Fsp3) is 0.125. The molecule has 0 saturated carbocycles. The molecule has 0 aliphatic heterocycles. The van der Waals surface area contributed by atoms with Crippen LogP contribution in [-0.2, 0) is 7.05 Å². The SMILES string of the molecule is Cn1ccn(-c2cc(=O)[nH]c(N)n2)c1=[Se]. The molecule has 0 atom stereocenters.